The number of benzene rings is 1. The Labute approximate surface area is 126 Å². The molecule has 5 nitrogen and oxygen atoms in total. The third-order valence-corrected chi connectivity index (χ3v) is 3.76. The zero-order valence-corrected chi connectivity index (χ0v) is 12.9. The Bertz CT molecular complexity index is 486. The van der Waals surface area contributed by atoms with Gasteiger partial charge in [0.05, 0.1) is 7.11 Å². The van der Waals surface area contributed by atoms with Crippen molar-refractivity contribution < 1.29 is 14.3 Å². The second-order valence-electron chi connectivity index (χ2n) is 5.46. The summed E-state index contributed by atoms with van der Waals surface area (Å²) in [6, 6.07) is 5.98. The zero-order chi connectivity index (χ0) is 15.2. The lowest BCUT2D eigenvalue weighted by atomic mass is 10.1. The van der Waals surface area contributed by atoms with E-state index in [0.29, 0.717) is 17.4 Å². The monoisotopic (exact) mass is 292 g/mol. The van der Waals surface area contributed by atoms with E-state index < -0.39 is 0 Å². The summed E-state index contributed by atoms with van der Waals surface area (Å²) in [7, 11) is 3.51. The van der Waals surface area contributed by atoms with E-state index in [1.54, 1.807) is 7.11 Å². The van der Waals surface area contributed by atoms with Gasteiger partial charge in [-0.15, -0.1) is 0 Å². The van der Waals surface area contributed by atoms with Gasteiger partial charge in [0.2, 0.25) is 0 Å². The van der Waals surface area contributed by atoms with Crippen molar-refractivity contribution in [3.8, 4) is 11.5 Å². The lowest BCUT2D eigenvalue weighted by molar-refractivity contribution is -0.123. The van der Waals surface area contributed by atoms with E-state index in [1.807, 2.05) is 25.2 Å². The second kappa shape index (κ2) is 7.31. The maximum Gasteiger partial charge on any atom is 0.257 e. The highest BCUT2D eigenvalue weighted by Gasteiger charge is 2.21. The Hall–Kier alpha value is -1.75. The molecule has 1 saturated carbocycles. The van der Waals surface area contributed by atoms with E-state index >= 15 is 0 Å². The number of ether oxygens (including phenoxy) is 2. The molecule has 0 heterocycles. The minimum absolute atomic E-state index is 0.0179. The smallest absolute Gasteiger partial charge is 0.257 e. The van der Waals surface area contributed by atoms with Crippen molar-refractivity contribution in [2.24, 2.45) is 5.92 Å². The van der Waals surface area contributed by atoms with Crippen molar-refractivity contribution in [2.45, 2.75) is 25.8 Å². The van der Waals surface area contributed by atoms with Crippen LogP contribution in [-0.2, 0) is 4.79 Å². The van der Waals surface area contributed by atoms with Crippen molar-refractivity contribution >= 4 is 5.91 Å². The third-order valence-electron chi connectivity index (χ3n) is 3.76. The molecule has 1 atom stereocenters. The normalized spacial score (nSPS) is 15.4. The molecule has 1 fully saturated rings. The Morgan fingerprint density at radius 1 is 1.38 bits per heavy atom. The molecule has 21 heavy (non-hydrogen) atoms. The molecule has 1 aromatic carbocycles. The van der Waals surface area contributed by atoms with Crippen LogP contribution in [0.1, 0.15) is 31.4 Å². The summed E-state index contributed by atoms with van der Waals surface area (Å²) in [5.74, 6) is 1.82. The summed E-state index contributed by atoms with van der Waals surface area (Å²) < 4.78 is 10.9. The summed E-state index contributed by atoms with van der Waals surface area (Å²) in [5, 5.41) is 6.05. The van der Waals surface area contributed by atoms with Crippen LogP contribution in [0.25, 0.3) is 0 Å². The van der Waals surface area contributed by atoms with Crippen LogP contribution < -0.4 is 20.1 Å². The average Bonchev–Trinajstić information content (AvgIpc) is 3.34. The Balaban J connectivity index is 1.90. The fourth-order valence-corrected chi connectivity index (χ4v) is 2.01. The van der Waals surface area contributed by atoms with Gasteiger partial charge >= 0.3 is 0 Å². The van der Waals surface area contributed by atoms with E-state index in [-0.39, 0.29) is 18.6 Å². The second-order valence-corrected chi connectivity index (χ2v) is 5.46. The molecule has 2 rings (SSSR count). The van der Waals surface area contributed by atoms with Crippen molar-refractivity contribution in [2.75, 3.05) is 27.3 Å². The van der Waals surface area contributed by atoms with Crippen LogP contribution in [-0.4, -0.2) is 33.2 Å². The number of carbonyl (C=O) groups excluding carboxylic acids is 1. The summed E-state index contributed by atoms with van der Waals surface area (Å²) >= 11 is 0. The summed E-state index contributed by atoms with van der Waals surface area (Å²) in [6.07, 6.45) is 2.44. The van der Waals surface area contributed by atoms with Crippen LogP contribution in [0.5, 0.6) is 11.5 Å². The van der Waals surface area contributed by atoms with Gasteiger partial charge in [-0.25, -0.2) is 0 Å². The van der Waals surface area contributed by atoms with Crippen molar-refractivity contribution in [3.05, 3.63) is 23.8 Å². The average molecular weight is 292 g/mol. The van der Waals surface area contributed by atoms with Gasteiger partial charge in [0.15, 0.2) is 18.1 Å². The van der Waals surface area contributed by atoms with E-state index in [0.717, 1.165) is 12.1 Å². The number of methoxy groups -OCH3 is 1. The molecule has 1 aliphatic carbocycles. The molecule has 0 aromatic heterocycles. The highest BCUT2D eigenvalue weighted by atomic mass is 16.5. The molecule has 116 valence electrons. The topological polar surface area (TPSA) is 59.6 Å². The highest BCUT2D eigenvalue weighted by molar-refractivity contribution is 5.77. The summed E-state index contributed by atoms with van der Waals surface area (Å²) in [5.41, 5.74) is 1.11. The Morgan fingerprint density at radius 3 is 2.76 bits per heavy atom. The Kier molecular flexibility index (Phi) is 5.44. The first-order valence-electron chi connectivity index (χ1n) is 7.38. The summed E-state index contributed by atoms with van der Waals surface area (Å²) in [4.78, 5) is 11.7. The van der Waals surface area contributed by atoms with Gasteiger partial charge in [-0.1, -0.05) is 6.07 Å². The third kappa shape index (κ3) is 4.63. The van der Waals surface area contributed by atoms with Gasteiger partial charge < -0.3 is 20.1 Å². The standard InChI is InChI=1S/C16H24N2O3/c1-11(17-2)13-6-7-14(15(8-13)20-3)21-10-16(19)18-9-12-4-5-12/h6-8,11-12,17H,4-5,9-10H2,1-3H3,(H,18,19). The zero-order valence-electron chi connectivity index (χ0n) is 12.9. The van der Waals surface area contributed by atoms with Crippen molar-refractivity contribution in [1.82, 2.24) is 10.6 Å². The number of hydrogen-bond acceptors (Lipinski definition) is 4. The highest BCUT2D eigenvalue weighted by Crippen LogP contribution is 2.30. The van der Waals surface area contributed by atoms with Crippen LogP contribution >= 0.6 is 0 Å². The van der Waals surface area contributed by atoms with Gasteiger partial charge in [0.1, 0.15) is 0 Å². The van der Waals surface area contributed by atoms with Crippen LogP contribution in [0.4, 0.5) is 0 Å². The molecule has 0 spiro atoms. The van der Waals surface area contributed by atoms with Crippen molar-refractivity contribution in [3.63, 3.8) is 0 Å². The first-order valence-corrected chi connectivity index (χ1v) is 7.38. The van der Waals surface area contributed by atoms with Gasteiger partial charge in [-0.2, -0.15) is 0 Å². The molecule has 1 aromatic rings. The fourth-order valence-electron chi connectivity index (χ4n) is 2.01. The van der Waals surface area contributed by atoms with Gasteiger partial charge in [0, 0.05) is 12.6 Å². The van der Waals surface area contributed by atoms with E-state index in [9.17, 15) is 4.79 Å². The number of nitrogens with one attached hydrogen (secondary N) is 2. The molecular weight excluding hydrogens is 268 g/mol. The lowest BCUT2D eigenvalue weighted by Crippen LogP contribution is -2.30. The molecular formula is C16H24N2O3. The van der Waals surface area contributed by atoms with Crippen LogP contribution in [0.2, 0.25) is 0 Å². The molecule has 1 amide bonds. The molecule has 0 saturated heterocycles. The number of hydrogen-bond donors (Lipinski definition) is 2. The van der Waals surface area contributed by atoms with Crippen LogP contribution in [0.3, 0.4) is 0 Å². The first kappa shape index (κ1) is 15.6. The molecule has 0 radical (unpaired) electrons. The summed E-state index contributed by atoms with van der Waals surface area (Å²) in [6.45, 7) is 2.85. The molecule has 0 aliphatic heterocycles. The SMILES string of the molecule is CNC(C)c1ccc(OCC(=O)NCC2CC2)c(OC)c1. The molecule has 5 heteroatoms. The predicted molar refractivity (Wildman–Crippen MR) is 81.7 cm³/mol. The minimum atomic E-state index is -0.0865. The van der Waals surface area contributed by atoms with Crippen LogP contribution in [0.15, 0.2) is 18.2 Å². The number of carbonyl (C=O) groups is 1. The van der Waals surface area contributed by atoms with Gasteiger partial charge in [-0.3, -0.25) is 4.79 Å². The predicted octanol–water partition coefficient (Wildman–Crippen LogP) is 1.88. The number of rotatable bonds is 8. The maximum absolute atomic E-state index is 11.7. The van der Waals surface area contributed by atoms with Gasteiger partial charge in [-0.05, 0) is 50.4 Å². The molecule has 0 bridgehead atoms. The van der Waals surface area contributed by atoms with Crippen molar-refractivity contribution in [1.29, 1.82) is 0 Å². The number of amides is 1. The maximum atomic E-state index is 11.7. The molecule has 1 aliphatic rings. The quantitative estimate of drug-likeness (QED) is 0.768. The fraction of sp³-hybridized carbons (Fsp3) is 0.562. The van der Waals surface area contributed by atoms with Gasteiger partial charge in [0.25, 0.3) is 5.91 Å². The minimum Gasteiger partial charge on any atom is -0.493 e. The molecule has 1 unspecified atom stereocenters. The van der Waals surface area contributed by atoms with E-state index in [4.69, 9.17) is 9.47 Å². The van der Waals surface area contributed by atoms with E-state index in [2.05, 4.69) is 17.6 Å². The van der Waals surface area contributed by atoms with E-state index in [1.165, 1.54) is 12.8 Å². The largest absolute Gasteiger partial charge is 0.493 e. The van der Waals surface area contributed by atoms with Crippen LogP contribution in [0, 0.1) is 5.92 Å². The Morgan fingerprint density at radius 2 is 2.14 bits per heavy atom. The molecule has 2 N–H and O–H groups in total. The lowest BCUT2D eigenvalue weighted by Gasteiger charge is -2.15. The first-order chi connectivity index (χ1) is 10.1.